The number of hydrogen-bond donors (Lipinski definition) is 0. The number of rotatable bonds is 5. The van der Waals surface area contributed by atoms with E-state index in [9.17, 15) is 0 Å². The molecule has 106 valence electrons. The SMILES string of the molecule is CCOc1cnccc1N(C)c1ccc(C(C)C)cc1. The lowest BCUT2D eigenvalue weighted by atomic mass is 10.0. The van der Waals surface area contributed by atoms with Crippen LogP contribution in [0.4, 0.5) is 11.4 Å². The van der Waals surface area contributed by atoms with Crippen molar-refractivity contribution in [2.45, 2.75) is 26.7 Å². The second-order valence-corrected chi connectivity index (χ2v) is 5.08. The van der Waals surface area contributed by atoms with E-state index in [0.29, 0.717) is 12.5 Å². The zero-order chi connectivity index (χ0) is 14.5. The number of ether oxygens (including phenoxy) is 1. The molecule has 0 aliphatic heterocycles. The van der Waals surface area contributed by atoms with Crippen LogP contribution in [0.3, 0.4) is 0 Å². The van der Waals surface area contributed by atoms with Crippen molar-refractivity contribution in [3.05, 3.63) is 48.3 Å². The van der Waals surface area contributed by atoms with Crippen LogP contribution < -0.4 is 9.64 Å². The van der Waals surface area contributed by atoms with Gasteiger partial charge in [-0.15, -0.1) is 0 Å². The second-order valence-electron chi connectivity index (χ2n) is 5.08. The summed E-state index contributed by atoms with van der Waals surface area (Å²) in [5.74, 6) is 1.36. The Kier molecular flexibility index (Phi) is 4.61. The summed E-state index contributed by atoms with van der Waals surface area (Å²) >= 11 is 0. The number of hydrogen-bond acceptors (Lipinski definition) is 3. The van der Waals surface area contributed by atoms with E-state index < -0.39 is 0 Å². The molecule has 0 N–H and O–H groups in total. The molecule has 0 amide bonds. The second kappa shape index (κ2) is 6.42. The van der Waals surface area contributed by atoms with Gasteiger partial charge in [-0.05, 0) is 36.6 Å². The van der Waals surface area contributed by atoms with Crippen molar-refractivity contribution in [3.8, 4) is 5.75 Å². The van der Waals surface area contributed by atoms with Gasteiger partial charge in [0.05, 0.1) is 18.5 Å². The molecule has 0 fully saturated rings. The van der Waals surface area contributed by atoms with Gasteiger partial charge in [-0.3, -0.25) is 4.98 Å². The fourth-order valence-corrected chi connectivity index (χ4v) is 2.14. The molecule has 0 atom stereocenters. The smallest absolute Gasteiger partial charge is 0.161 e. The third-order valence-electron chi connectivity index (χ3n) is 3.37. The monoisotopic (exact) mass is 270 g/mol. The zero-order valence-electron chi connectivity index (χ0n) is 12.6. The third-order valence-corrected chi connectivity index (χ3v) is 3.37. The molecule has 3 heteroatoms. The van der Waals surface area contributed by atoms with E-state index in [4.69, 9.17) is 4.74 Å². The van der Waals surface area contributed by atoms with Crippen LogP contribution in [0.25, 0.3) is 0 Å². The topological polar surface area (TPSA) is 25.4 Å². The first-order chi connectivity index (χ1) is 9.63. The molecule has 0 saturated heterocycles. The van der Waals surface area contributed by atoms with Gasteiger partial charge >= 0.3 is 0 Å². The maximum Gasteiger partial charge on any atom is 0.161 e. The van der Waals surface area contributed by atoms with E-state index in [1.807, 2.05) is 20.0 Å². The van der Waals surface area contributed by atoms with Crippen molar-refractivity contribution in [2.75, 3.05) is 18.6 Å². The van der Waals surface area contributed by atoms with Crippen LogP contribution in [0.1, 0.15) is 32.3 Å². The lowest BCUT2D eigenvalue weighted by Gasteiger charge is -2.22. The normalized spacial score (nSPS) is 10.7. The standard InChI is InChI=1S/C17H22N2O/c1-5-20-17-12-18-11-10-16(17)19(4)15-8-6-14(7-9-15)13(2)3/h6-13H,5H2,1-4H3. The molecule has 2 rings (SSSR count). The predicted molar refractivity (Wildman–Crippen MR) is 84.0 cm³/mol. The van der Waals surface area contributed by atoms with Crippen molar-refractivity contribution in [1.82, 2.24) is 4.98 Å². The Labute approximate surface area is 121 Å². The molecule has 0 spiro atoms. The molecule has 0 aliphatic carbocycles. The summed E-state index contributed by atoms with van der Waals surface area (Å²) in [5.41, 5.74) is 3.52. The summed E-state index contributed by atoms with van der Waals surface area (Å²) in [6, 6.07) is 10.6. The molecule has 2 aromatic rings. The van der Waals surface area contributed by atoms with Gasteiger partial charge < -0.3 is 9.64 Å². The number of anilines is 2. The Balaban J connectivity index is 2.28. The van der Waals surface area contributed by atoms with Crippen molar-refractivity contribution in [1.29, 1.82) is 0 Å². The highest BCUT2D eigenvalue weighted by atomic mass is 16.5. The summed E-state index contributed by atoms with van der Waals surface area (Å²) in [5, 5.41) is 0. The fourth-order valence-electron chi connectivity index (χ4n) is 2.14. The van der Waals surface area contributed by atoms with Crippen molar-refractivity contribution < 1.29 is 4.74 Å². The molecular formula is C17H22N2O. The zero-order valence-corrected chi connectivity index (χ0v) is 12.6. The Morgan fingerprint density at radius 3 is 2.45 bits per heavy atom. The molecule has 0 bridgehead atoms. The summed E-state index contributed by atoms with van der Waals surface area (Å²) < 4.78 is 5.64. The number of pyridine rings is 1. The Morgan fingerprint density at radius 2 is 1.85 bits per heavy atom. The predicted octanol–water partition coefficient (Wildman–Crippen LogP) is 4.37. The third kappa shape index (κ3) is 3.10. The van der Waals surface area contributed by atoms with Gasteiger partial charge in [0.1, 0.15) is 0 Å². The van der Waals surface area contributed by atoms with E-state index in [2.05, 4.69) is 48.0 Å². The number of benzene rings is 1. The maximum atomic E-state index is 5.64. The van der Waals surface area contributed by atoms with Crippen LogP contribution >= 0.6 is 0 Å². The van der Waals surface area contributed by atoms with Gasteiger partial charge in [-0.2, -0.15) is 0 Å². The first-order valence-electron chi connectivity index (χ1n) is 7.04. The molecule has 1 aromatic heterocycles. The molecule has 0 aliphatic rings. The average Bonchev–Trinajstić information content (AvgIpc) is 2.47. The first kappa shape index (κ1) is 14.4. The van der Waals surface area contributed by atoms with Crippen LogP contribution in [-0.2, 0) is 0 Å². The van der Waals surface area contributed by atoms with Gasteiger partial charge in [0.15, 0.2) is 5.75 Å². The van der Waals surface area contributed by atoms with Gasteiger partial charge in [0.2, 0.25) is 0 Å². The molecular weight excluding hydrogens is 248 g/mol. The average molecular weight is 270 g/mol. The summed E-state index contributed by atoms with van der Waals surface area (Å²) in [7, 11) is 2.04. The quantitative estimate of drug-likeness (QED) is 0.806. The van der Waals surface area contributed by atoms with E-state index >= 15 is 0 Å². The summed E-state index contributed by atoms with van der Waals surface area (Å²) in [4.78, 5) is 6.25. The van der Waals surface area contributed by atoms with E-state index in [0.717, 1.165) is 17.1 Å². The minimum absolute atomic E-state index is 0.550. The Morgan fingerprint density at radius 1 is 1.15 bits per heavy atom. The lowest BCUT2D eigenvalue weighted by molar-refractivity contribution is 0.340. The summed E-state index contributed by atoms with van der Waals surface area (Å²) in [6.07, 6.45) is 3.55. The molecule has 20 heavy (non-hydrogen) atoms. The van der Waals surface area contributed by atoms with Gasteiger partial charge in [-0.1, -0.05) is 26.0 Å². The highest BCUT2D eigenvalue weighted by Gasteiger charge is 2.10. The van der Waals surface area contributed by atoms with Crippen molar-refractivity contribution >= 4 is 11.4 Å². The molecule has 0 saturated carbocycles. The molecule has 1 aromatic carbocycles. The molecule has 1 heterocycles. The van der Waals surface area contributed by atoms with Crippen LogP contribution in [-0.4, -0.2) is 18.6 Å². The molecule has 0 unspecified atom stereocenters. The number of nitrogens with zero attached hydrogens (tertiary/aromatic N) is 2. The van der Waals surface area contributed by atoms with Crippen LogP contribution in [0.2, 0.25) is 0 Å². The molecule has 0 radical (unpaired) electrons. The largest absolute Gasteiger partial charge is 0.490 e. The molecule has 3 nitrogen and oxygen atoms in total. The fraction of sp³-hybridized carbons (Fsp3) is 0.353. The van der Waals surface area contributed by atoms with E-state index in [1.54, 1.807) is 12.4 Å². The van der Waals surface area contributed by atoms with Gasteiger partial charge in [0, 0.05) is 18.9 Å². The van der Waals surface area contributed by atoms with Gasteiger partial charge in [-0.25, -0.2) is 0 Å². The van der Waals surface area contributed by atoms with Crippen LogP contribution in [0.5, 0.6) is 5.75 Å². The highest BCUT2D eigenvalue weighted by Crippen LogP contribution is 2.32. The van der Waals surface area contributed by atoms with Crippen LogP contribution in [0.15, 0.2) is 42.7 Å². The highest BCUT2D eigenvalue weighted by molar-refractivity contribution is 5.68. The minimum Gasteiger partial charge on any atom is -0.490 e. The van der Waals surface area contributed by atoms with Crippen molar-refractivity contribution in [3.63, 3.8) is 0 Å². The Hall–Kier alpha value is -2.03. The summed E-state index contributed by atoms with van der Waals surface area (Å²) in [6.45, 7) is 7.02. The lowest BCUT2D eigenvalue weighted by Crippen LogP contribution is -2.11. The van der Waals surface area contributed by atoms with E-state index in [1.165, 1.54) is 5.56 Å². The van der Waals surface area contributed by atoms with Gasteiger partial charge in [0.25, 0.3) is 0 Å². The minimum atomic E-state index is 0.550. The van der Waals surface area contributed by atoms with Crippen molar-refractivity contribution in [2.24, 2.45) is 0 Å². The maximum absolute atomic E-state index is 5.64. The number of aromatic nitrogens is 1. The Bertz CT molecular complexity index is 549. The van der Waals surface area contributed by atoms with E-state index in [-0.39, 0.29) is 0 Å². The van der Waals surface area contributed by atoms with Crippen LogP contribution in [0, 0.1) is 0 Å². The first-order valence-corrected chi connectivity index (χ1v) is 7.04.